The van der Waals surface area contributed by atoms with E-state index in [4.69, 9.17) is 10.5 Å². The minimum absolute atomic E-state index is 0.0279. The number of fused-ring (bicyclic) bond motifs is 3. The summed E-state index contributed by atoms with van der Waals surface area (Å²) in [6, 6.07) is 15.7. The van der Waals surface area contributed by atoms with Crippen molar-refractivity contribution in [1.82, 2.24) is 4.57 Å². The fraction of sp³-hybridized carbons (Fsp3) is 0.120. The first-order valence-corrected chi connectivity index (χ1v) is 11.1. The Morgan fingerprint density at radius 1 is 1.09 bits per heavy atom. The topological polar surface area (TPSA) is 74.3 Å². The molecule has 5 rings (SSSR count). The lowest BCUT2D eigenvalue weighted by Crippen LogP contribution is -2.31. The van der Waals surface area contributed by atoms with Gasteiger partial charge in [-0.1, -0.05) is 42.1 Å². The number of anilines is 1. The van der Waals surface area contributed by atoms with Crippen molar-refractivity contribution in [1.29, 1.82) is 0 Å². The number of hydrogen-bond donors (Lipinski definition) is 1. The van der Waals surface area contributed by atoms with Crippen LogP contribution in [0.1, 0.15) is 28.2 Å². The second kappa shape index (κ2) is 8.04. The molecular weight excluding hydrogens is 446 g/mol. The fourth-order valence-electron chi connectivity index (χ4n) is 4.01. The zero-order chi connectivity index (χ0) is 23.3. The third-order valence-electron chi connectivity index (χ3n) is 5.58. The summed E-state index contributed by atoms with van der Waals surface area (Å²) in [6.45, 7) is 1.72. The predicted octanol–water partition coefficient (Wildman–Crippen LogP) is 5.36. The van der Waals surface area contributed by atoms with Crippen molar-refractivity contribution in [2.24, 2.45) is 0 Å². The highest BCUT2D eigenvalue weighted by molar-refractivity contribution is 8.00. The molecule has 0 aliphatic carbocycles. The monoisotopic (exact) mass is 464 g/mol. The zero-order valence-electron chi connectivity index (χ0n) is 17.5. The molecule has 0 saturated heterocycles. The first kappa shape index (κ1) is 21.2. The summed E-state index contributed by atoms with van der Waals surface area (Å²) in [5, 5.41) is -0.128. The van der Waals surface area contributed by atoms with Crippen LogP contribution in [0.4, 0.5) is 14.5 Å². The molecule has 1 aromatic heterocycles. The lowest BCUT2D eigenvalue weighted by atomic mass is 10.0. The van der Waals surface area contributed by atoms with Gasteiger partial charge in [-0.2, -0.15) is 0 Å². The number of carbonyl (C=O) groups is 1. The molecule has 1 atom stereocenters. The first-order chi connectivity index (χ1) is 15.9. The number of pyridine rings is 1. The van der Waals surface area contributed by atoms with Crippen LogP contribution in [0.15, 0.2) is 70.5 Å². The molecule has 0 saturated carbocycles. The van der Waals surface area contributed by atoms with E-state index in [0.717, 1.165) is 6.07 Å². The van der Waals surface area contributed by atoms with E-state index in [-0.39, 0.29) is 23.1 Å². The van der Waals surface area contributed by atoms with Gasteiger partial charge >= 0.3 is 5.97 Å². The maximum Gasteiger partial charge on any atom is 0.344 e. The highest BCUT2D eigenvalue weighted by atomic mass is 32.2. The molecule has 0 fully saturated rings. The Labute approximate surface area is 191 Å². The first-order valence-electron chi connectivity index (χ1n) is 10.3. The van der Waals surface area contributed by atoms with Crippen molar-refractivity contribution in [3.63, 3.8) is 0 Å². The van der Waals surface area contributed by atoms with Gasteiger partial charge in [0.25, 0.3) is 0 Å². The number of nitrogens with zero attached hydrogens (tertiary/aromatic N) is 1. The van der Waals surface area contributed by atoms with Gasteiger partial charge in [-0.15, -0.1) is 0 Å². The van der Waals surface area contributed by atoms with E-state index < -0.39 is 28.4 Å². The Morgan fingerprint density at radius 3 is 2.52 bits per heavy atom. The summed E-state index contributed by atoms with van der Waals surface area (Å²) in [4.78, 5) is 25.8. The van der Waals surface area contributed by atoms with E-state index >= 15 is 4.39 Å². The van der Waals surface area contributed by atoms with Gasteiger partial charge in [0.15, 0.2) is 0 Å². The average molecular weight is 464 g/mol. The van der Waals surface area contributed by atoms with Gasteiger partial charge in [0, 0.05) is 22.2 Å². The van der Waals surface area contributed by atoms with Gasteiger partial charge in [-0.05, 0) is 42.8 Å². The van der Waals surface area contributed by atoms with Crippen LogP contribution < -0.4 is 11.2 Å². The van der Waals surface area contributed by atoms with Crippen LogP contribution in [0.25, 0.3) is 22.0 Å². The number of esters is 1. The molecule has 33 heavy (non-hydrogen) atoms. The summed E-state index contributed by atoms with van der Waals surface area (Å²) < 4.78 is 36.5. The van der Waals surface area contributed by atoms with Crippen molar-refractivity contribution in [3.05, 3.63) is 93.6 Å². The van der Waals surface area contributed by atoms with E-state index in [1.807, 2.05) is 0 Å². The van der Waals surface area contributed by atoms with Crippen LogP contribution in [0.3, 0.4) is 0 Å². The maximum absolute atomic E-state index is 15.1. The van der Waals surface area contributed by atoms with Crippen LogP contribution >= 0.6 is 11.8 Å². The quantitative estimate of drug-likeness (QED) is 0.325. The number of benzene rings is 3. The molecule has 1 aliphatic rings. The van der Waals surface area contributed by atoms with Crippen LogP contribution in [0.5, 0.6) is 0 Å². The summed E-state index contributed by atoms with van der Waals surface area (Å²) in [5.41, 5.74) is 7.16. The molecule has 0 radical (unpaired) electrons. The Morgan fingerprint density at radius 2 is 1.82 bits per heavy atom. The molecule has 2 heterocycles. The summed E-state index contributed by atoms with van der Waals surface area (Å²) in [7, 11) is 0. The molecule has 0 bridgehead atoms. The fourth-order valence-corrected chi connectivity index (χ4v) is 5.31. The summed E-state index contributed by atoms with van der Waals surface area (Å²) in [5.74, 6) is -1.81. The number of carbonyl (C=O) groups excluding carboxylic acids is 1. The number of nitrogen functional groups attached to an aromatic ring is 1. The molecule has 1 aliphatic heterocycles. The van der Waals surface area contributed by atoms with Crippen LogP contribution in [-0.4, -0.2) is 17.1 Å². The van der Waals surface area contributed by atoms with Crippen molar-refractivity contribution in [2.75, 3.05) is 12.3 Å². The Kier molecular flexibility index (Phi) is 5.17. The molecular formula is C25H18F2N2O3S. The number of aromatic nitrogens is 1. The second-order valence-electron chi connectivity index (χ2n) is 7.56. The van der Waals surface area contributed by atoms with E-state index in [1.54, 1.807) is 60.0 Å². The Balaban J connectivity index is 1.81. The SMILES string of the molecule is CCOC(=O)c1c2n(c3cc(-c4ccc(N)cc4)c(F)cc3c1=O)C(c1ccccc1F)S2. The molecule has 2 N–H and O–H groups in total. The number of hydrogen-bond acceptors (Lipinski definition) is 5. The van der Waals surface area contributed by atoms with Crippen molar-refractivity contribution in [3.8, 4) is 11.1 Å². The van der Waals surface area contributed by atoms with Gasteiger partial charge in [0.2, 0.25) is 5.43 Å². The Bertz CT molecular complexity index is 1480. The predicted molar refractivity (Wildman–Crippen MR) is 124 cm³/mol. The van der Waals surface area contributed by atoms with E-state index in [2.05, 4.69) is 0 Å². The largest absolute Gasteiger partial charge is 0.462 e. The van der Waals surface area contributed by atoms with Crippen LogP contribution in [-0.2, 0) is 4.74 Å². The number of ether oxygens (including phenoxy) is 1. The van der Waals surface area contributed by atoms with Gasteiger partial charge in [-0.3, -0.25) is 4.79 Å². The van der Waals surface area contributed by atoms with E-state index in [0.29, 0.717) is 27.4 Å². The molecule has 4 aromatic rings. The minimum Gasteiger partial charge on any atom is -0.462 e. The molecule has 5 nitrogen and oxygen atoms in total. The zero-order valence-corrected chi connectivity index (χ0v) is 18.3. The number of rotatable bonds is 4. The highest BCUT2D eigenvalue weighted by Gasteiger charge is 2.38. The maximum atomic E-state index is 15.1. The third-order valence-corrected chi connectivity index (χ3v) is 6.89. The highest BCUT2D eigenvalue weighted by Crippen LogP contribution is 2.51. The Hall–Kier alpha value is -3.65. The average Bonchev–Trinajstić information content (AvgIpc) is 2.78. The number of nitrogens with two attached hydrogens (primary N) is 1. The van der Waals surface area contributed by atoms with Crippen molar-refractivity contribution >= 4 is 34.3 Å². The minimum atomic E-state index is -0.782. The smallest absolute Gasteiger partial charge is 0.344 e. The van der Waals surface area contributed by atoms with Crippen molar-refractivity contribution in [2.45, 2.75) is 17.3 Å². The summed E-state index contributed by atoms with van der Waals surface area (Å²) in [6.07, 6.45) is 0. The normalized spacial score (nSPS) is 14.6. The number of halogens is 2. The molecule has 3 aromatic carbocycles. The molecule has 166 valence electrons. The standard InChI is InChI=1S/C25H18F2N2O3S/c1-2-32-25(31)21-22(30)17-11-19(27)16(13-7-9-14(28)10-8-13)12-20(17)29-23(33-24(21)29)15-5-3-4-6-18(15)26/h3-12,23H,2,28H2,1H3. The van der Waals surface area contributed by atoms with Gasteiger partial charge in [-0.25, -0.2) is 13.6 Å². The van der Waals surface area contributed by atoms with Gasteiger partial charge in [0.1, 0.15) is 22.6 Å². The molecule has 0 amide bonds. The van der Waals surface area contributed by atoms with Crippen molar-refractivity contribution < 1.29 is 18.3 Å². The van der Waals surface area contributed by atoms with Crippen LogP contribution in [0.2, 0.25) is 0 Å². The van der Waals surface area contributed by atoms with E-state index in [9.17, 15) is 14.0 Å². The number of thioether (sulfide) groups is 1. The molecule has 0 spiro atoms. The van der Waals surface area contributed by atoms with Gasteiger partial charge in [0.05, 0.1) is 17.1 Å². The lowest BCUT2D eigenvalue weighted by Gasteiger charge is -2.36. The molecule has 1 unspecified atom stereocenters. The van der Waals surface area contributed by atoms with Crippen LogP contribution in [0, 0.1) is 11.6 Å². The van der Waals surface area contributed by atoms with E-state index in [1.165, 1.54) is 17.8 Å². The van der Waals surface area contributed by atoms with Gasteiger partial charge < -0.3 is 15.0 Å². The second-order valence-corrected chi connectivity index (χ2v) is 8.63. The molecule has 8 heteroatoms. The lowest BCUT2D eigenvalue weighted by molar-refractivity contribution is 0.0518. The summed E-state index contributed by atoms with van der Waals surface area (Å²) >= 11 is 1.20. The third kappa shape index (κ3) is 3.38.